The van der Waals surface area contributed by atoms with Crippen molar-refractivity contribution in [3.8, 4) is 0 Å². The Morgan fingerprint density at radius 2 is 1.81 bits per heavy atom. The number of aliphatic hydroxyl groups excluding tert-OH is 1. The molecule has 1 aliphatic rings. The average Bonchev–Trinajstić information content (AvgIpc) is 3.12. The minimum atomic E-state index is -1.73. The number of hydrogen-bond donors (Lipinski definition) is 1. The van der Waals surface area contributed by atoms with Gasteiger partial charge in [-0.15, -0.1) is 0 Å². The van der Waals surface area contributed by atoms with Crippen LogP contribution in [0.4, 0.5) is 0 Å². The highest BCUT2D eigenvalue weighted by atomic mass is 28.4. The number of ether oxygens (including phenoxy) is 1. The molecule has 0 aliphatic carbocycles. The summed E-state index contributed by atoms with van der Waals surface area (Å²) < 4.78 is 12.5. The lowest BCUT2D eigenvalue weighted by molar-refractivity contribution is 0.104. The van der Waals surface area contributed by atoms with E-state index in [1.165, 1.54) is 0 Å². The summed E-state index contributed by atoms with van der Waals surface area (Å²) >= 11 is 0. The summed E-state index contributed by atoms with van der Waals surface area (Å²) in [7, 11) is -1.73. The minimum Gasteiger partial charge on any atom is -0.414 e. The molecule has 1 saturated heterocycles. The topological polar surface area (TPSA) is 42.0 Å². The second-order valence-corrected chi connectivity index (χ2v) is 13.1. The zero-order chi connectivity index (χ0) is 16.4. The first-order valence-electron chi connectivity index (χ1n) is 8.47. The fourth-order valence-electron chi connectivity index (χ4n) is 2.61. The number of rotatable bonds is 8. The molecule has 4 heteroatoms. The zero-order valence-electron chi connectivity index (χ0n) is 15.3. The van der Waals surface area contributed by atoms with Crippen molar-refractivity contribution in [1.82, 2.24) is 0 Å². The van der Waals surface area contributed by atoms with Crippen LogP contribution in [0.1, 0.15) is 54.4 Å². The molecule has 0 radical (unpaired) electrons. The first-order valence-corrected chi connectivity index (χ1v) is 11.4. The molecule has 3 nitrogen and oxygen atoms in total. The molecule has 0 aromatic carbocycles. The molecule has 0 aromatic heterocycles. The third-order valence-electron chi connectivity index (χ3n) is 5.33. The third kappa shape index (κ3) is 5.05. The van der Waals surface area contributed by atoms with Crippen LogP contribution in [0.2, 0.25) is 18.1 Å². The van der Waals surface area contributed by atoms with Crippen LogP contribution in [-0.4, -0.2) is 38.3 Å². The molecule has 1 heterocycles. The van der Waals surface area contributed by atoms with Gasteiger partial charge in [0.1, 0.15) is 0 Å². The molecule has 0 spiro atoms. The van der Waals surface area contributed by atoms with Crippen molar-refractivity contribution in [2.75, 3.05) is 6.61 Å². The van der Waals surface area contributed by atoms with Crippen LogP contribution in [-0.2, 0) is 9.16 Å². The standard InChI is InChI=1S/C17H36O3Si/c1-9-14(20-21(7,8)17(4,5)6)13(3)16-15(19-16)10-12(2)11-18/h12-16,18H,9-11H2,1-8H3/t12-,13+,14-,15+,16+/m0/s1. The van der Waals surface area contributed by atoms with Crippen molar-refractivity contribution in [2.24, 2.45) is 11.8 Å². The van der Waals surface area contributed by atoms with Gasteiger partial charge in [-0.05, 0) is 36.9 Å². The van der Waals surface area contributed by atoms with Gasteiger partial charge in [0.05, 0.1) is 12.2 Å². The van der Waals surface area contributed by atoms with E-state index < -0.39 is 8.32 Å². The van der Waals surface area contributed by atoms with E-state index in [-0.39, 0.29) is 17.7 Å². The first-order chi connectivity index (χ1) is 9.53. The predicted octanol–water partition coefficient (Wildman–Crippen LogP) is 4.21. The maximum atomic E-state index is 9.16. The highest BCUT2D eigenvalue weighted by molar-refractivity contribution is 6.74. The van der Waals surface area contributed by atoms with Crippen LogP contribution in [0.25, 0.3) is 0 Å². The number of hydrogen-bond acceptors (Lipinski definition) is 3. The molecule has 0 bridgehead atoms. The maximum Gasteiger partial charge on any atom is 0.192 e. The summed E-state index contributed by atoms with van der Waals surface area (Å²) in [6.45, 7) is 18.3. The quantitative estimate of drug-likeness (QED) is 0.539. The van der Waals surface area contributed by atoms with E-state index >= 15 is 0 Å². The highest BCUT2D eigenvalue weighted by Crippen LogP contribution is 2.42. The average molecular weight is 317 g/mol. The summed E-state index contributed by atoms with van der Waals surface area (Å²) in [6.07, 6.45) is 2.91. The monoisotopic (exact) mass is 316 g/mol. The number of epoxide rings is 1. The van der Waals surface area contributed by atoms with Crippen LogP contribution < -0.4 is 0 Å². The van der Waals surface area contributed by atoms with Crippen LogP contribution in [0, 0.1) is 11.8 Å². The lowest BCUT2D eigenvalue weighted by Gasteiger charge is -2.40. The fraction of sp³-hybridized carbons (Fsp3) is 1.00. The molecule has 1 aliphatic heterocycles. The van der Waals surface area contributed by atoms with E-state index in [0.717, 1.165) is 12.8 Å². The Hall–Kier alpha value is 0.0969. The first kappa shape index (κ1) is 19.1. The molecule has 0 aromatic rings. The zero-order valence-corrected chi connectivity index (χ0v) is 16.3. The normalized spacial score (nSPS) is 27.3. The second kappa shape index (κ2) is 7.11. The maximum absolute atomic E-state index is 9.16. The summed E-state index contributed by atoms with van der Waals surface area (Å²) in [4.78, 5) is 0. The largest absolute Gasteiger partial charge is 0.414 e. The van der Waals surface area contributed by atoms with Crippen molar-refractivity contribution in [1.29, 1.82) is 0 Å². The second-order valence-electron chi connectivity index (χ2n) is 8.35. The SMILES string of the molecule is CC[C@H](O[Si](C)(C)C(C)(C)C)[C@@H](C)[C@H]1O[C@@H]1C[C@H](C)CO. The summed E-state index contributed by atoms with van der Waals surface area (Å²) in [5, 5.41) is 9.40. The van der Waals surface area contributed by atoms with Crippen molar-refractivity contribution >= 4 is 8.32 Å². The molecule has 0 saturated carbocycles. The van der Waals surface area contributed by atoms with Gasteiger partial charge in [-0.1, -0.05) is 41.5 Å². The summed E-state index contributed by atoms with van der Waals surface area (Å²) in [5.41, 5.74) is 0. The van der Waals surface area contributed by atoms with E-state index in [1.807, 2.05) is 0 Å². The van der Waals surface area contributed by atoms with Gasteiger partial charge >= 0.3 is 0 Å². The molecule has 21 heavy (non-hydrogen) atoms. The molecule has 1 N–H and O–H groups in total. The van der Waals surface area contributed by atoms with E-state index in [9.17, 15) is 0 Å². The molecule has 1 fully saturated rings. The Balaban J connectivity index is 2.58. The van der Waals surface area contributed by atoms with Gasteiger partial charge in [0, 0.05) is 18.6 Å². The number of aliphatic hydroxyl groups is 1. The van der Waals surface area contributed by atoms with Gasteiger partial charge in [0.15, 0.2) is 8.32 Å². The Morgan fingerprint density at radius 1 is 1.24 bits per heavy atom. The molecule has 0 unspecified atom stereocenters. The van der Waals surface area contributed by atoms with Crippen molar-refractivity contribution in [3.05, 3.63) is 0 Å². The van der Waals surface area contributed by atoms with Crippen LogP contribution in [0.5, 0.6) is 0 Å². The van der Waals surface area contributed by atoms with Crippen LogP contribution >= 0.6 is 0 Å². The van der Waals surface area contributed by atoms with Gasteiger partial charge in [0.25, 0.3) is 0 Å². The van der Waals surface area contributed by atoms with Crippen molar-refractivity contribution in [2.45, 2.75) is 90.8 Å². The van der Waals surface area contributed by atoms with Crippen LogP contribution in [0.15, 0.2) is 0 Å². The van der Waals surface area contributed by atoms with E-state index in [1.54, 1.807) is 0 Å². The van der Waals surface area contributed by atoms with Crippen molar-refractivity contribution in [3.63, 3.8) is 0 Å². The van der Waals surface area contributed by atoms with Gasteiger partial charge in [-0.2, -0.15) is 0 Å². The lowest BCUT2D eigenvalue weighted by Crippen LogP contribution is -2.46. The Morgan fingerprint density at radius 3 is 2.24 bits per heavy atom. The lowest BCUT2D eigenvalue weighted by atomic mass is 9.94. The molecule has 0 amide bonds. The van der Waals surface area contributed by atoms with Gasteiger partial charge < -0.3 is 14.3 Å². The summed E-state index contributed by atoms with van der Waals surface area (Å²) in [5.74, 6) is 0.758. The van der Waals surface area contributed by atoms with Gasteiger partial charge in [-0.3, -0.25) is 0 Å². The van der Waals surface area contributed by atoms with Crippen molar-refractivity contribution < 1.29 is 14.3 Å². The molecule has 126 valence electrons. The summed E-state index contributed by atoms with van der Waals surface area (Å²) in [6, 6.07) is 0. The highest BCUT2D eigenvalue weighted by Gasteiger charge is 2.48. The van der Waals surface area contributed by atoms with E-state index in [0.29, 0.717) is 24.0 Å². The Kier molecular flexibility index (Phi) is 6.49. The smallest absolute Gasteiger partial charge is 0.192 e. The molecular weight excluding hydrogens is 280 g/mol. The minimum absolute atomic E-state index is 0.245. The molecule has 1 rings (SSSR count). The fourth-order valence-corrected chi connectivity index (χ4v) is 4.10. The molecule has 5 atom stereocenters. The Labute approximate surface area is 132 Å². The van der Waals surface area contributed by atoms with E-state index in [4.69, 9.17) is 14.3 Å². The van der Waals surface area contributed by atoms with Gasteiger partial charge in [0.2, 0.25) is 0 Å². The Bertz CT molecular complexity index is 324. The van der Waals surface area contributed by atoms with Crippen LogP contribution in [0.3, 0.4) is 0 Å². The van der Waals surface area contributed by atoms with Gasteiger partial charge in [-0.25, -0.2) is 0 Å². The third-order valence-corrected chi connectivity index (χ3v) is 9.83. The molecular formula is C17H36O3Si. The predicted molar refractivity (Wildman–Crippen MR) is 91.1 cm³/mol. The van der Waals surface area contributed by atoms with E-state index in [2.05, 4.69) is 54.6 Å².